The zero-order valence-electron chi connectivity index (χ0n) is 14.3. The molecule has 0 aliphatic heterocycles. The Hall–Kier alpha value is -2.29. The molecule has 6 nitrogen and oxygen atoms in total. The predicted octanol–water partition coefficient (Wildman–Crippen LogP) is 5.14. The molecule has 0 bridgehead atoms. The number of nitrogens with zero attached hydrogens (tertiary/aromatic N) is 4. The van der Waals surface area contributed by atoms with Crippen LogP contribution in [0.2, 0.25) is 5.02 Å². The van der Waals surface area contributed by atoms with Gasteiger partial charge in [-0.05, 0) is 43.7 Å². The van der Waals surface area contributed by atoms with Crippen LogP contribution in [0.4, 0.5) is 5.69 Å². The molecule has 0 aliphatic rings. The van der Waals surface area contributed by atoms with E-state index in [1.807, 2.05) is 32.0 Å². The Kier molecular flexibility index (Phi) is 4.71. The third-order valence-corrected chi connectivity index (χ3v) is 5.82. The fraction of sp³-hybridized carbons (Fsp3) is 0.111. The van der Waals surface area contributed by atoms with Crippen LogP contribution in [0.3, 0.4) is 0 Å². The van der Waals surface area contributed by atoms with Gasteiger partial charge in [0.1, 0.15) is 5.01 Å². The van der Waals surface area contributed by atoms with E-state index < -0.39 is 0 Å². The van der Waals surface area contributed by atoms with E-state index in [-0.39, 0.29) is 5.91 Å². The summed E-state index contributed by atoms with van der Waals surface area (Å²) in [6, 6.07) is 11.0. The molecule has 0 spiro atoms. The molecule has 4 rings (SSSR count). The van der Waals surface area contributed by atoms with Gasteiger partial charge in [-0.15, -0.1) is 10.2 Å². The number of carbonyl (C=O) groups is 1. The molecule has 0 aliphatic carbocycles. The van der Waals surface area contributed by atoms with Crippen molar-refractivity contribution in [3.63, 3.8) is 0 Å². The molecule has 0 fully saturated rings. The summed E-state index contributed by atoms with van der Waals surface area (Å²) in [5.41, 5.74) is 2.95. The maximum atomic E-state index is 12.7. The molecule has 27 heavy (non-hydrogen) atoms. The van der Waals surface area contributed by atoms with Crippen molar-refractivity contribution in [1.82, 2.24) is 19.8 Å². The zero-order chi connectivity index (χ0) is 19.1. The molecule has 2 aromatic heterocycles. The number of hydrogen-bond acceptors (Lipinski definition) is 5. The molecule has 136 valence electrons. The Morgan fingerprint density at radius 2 is 2.00 bits per heavy atom. The first-order chi connectivity index (χ1) is 12.9. The number of nitrogens with one attached hydrogen (secondary N) is 1. The lowest BCUT2D eigenvalue weighted by atomic mass is 10.1. The van der Waals surface area contributed by atoms with Crippen molar-refractivity contribution < 1.29 is 4.79 Å². The van der Waals surface area contributed by atoms with Gasteiger partial charge in [0.2, 0.25) is 4.96 Å². The fourth-order valence-electron chi connectivity index (χ4n) is 2.58. The number of fused-ring (bicyclic) bond motifs is 1. The van der Waals surface area contributed by atoms with Gasteiger partial charge >= 0.3 is 0 Å². The molecule has 0 atom stereocenters. The van der Waals surface area contributed by atoms with Gasteiger partial charge in [0.05, 0.1) is 10.6 Å². The third kappa shape index (κ3) is 3.47. The highest BCUT2D eigenvalue weighted by atomic mass is 79.9. The Bertz CT molecular complexity index is 1190. The molecule has 0 radical (unpaired) electrons. The molecule has 2 heterocycles. The second-order valence-electron chi connectivity index (χ2n) is 5.96. The number of hydrogen-bond donors (Lipinski definition) is 1. The van der Waals surface area contributed by atoms with E-state index in [0.717, 1.165) is 31.4 Å². The largest absolute Gasteiger partial charge is 0.322 e. The summed E-state index contributed by atoms with van der Waals surface area (Å²) in [6.45, 7) is 3.79. The highest BCUT2D eigenvalue weighted by Gasteiger charge is 2.15. The topological polar surface area (TPSA) is 72.2 Å². The lowest BCUT2D eigenvalue weighted by molar-refractivity contribution is 0.102. The number of aromatic nitrogens is 4. The van der Waals surface area contributed by atoms with E-state index in [2.05, 4.69) is 36.5 Å². The summed E-state index contributed by atoms with van der Waals surface area (Å²) in [4.78, 5) is 13.4. The normalized spacial score (nSPS) is 11.1. The second kappa shape index (κ2) is 7.03. The highest BCUT2D eigenvalue weighted by Crippen LogP contribution is 2.30. The first-order valence-corrected chi connectivity index (χ1v) is 9.97. The SMILES string of the molecule is Cc1ccc(-c2nn3c(C)nnc3s2)cc1NC(=O)c1cc(Br)ccc1Cl. The van der Waals surface area contributed by atoms with Gasteiger partial charge in [0.25, 0.3) is 5.91 Å². The minimum atomic E-state index is -0.268. The van der Waals surface area contributed by atoms with Crippen molar-refractivity contribution in [3.8, 4) is 10.6 Å². The Labute approximate surface area is 172 Å². The van der Waals surface area contributed by atoms with E-state index in [0.29, 0.717) is 16.3 Å². The number of aryl methyl sites for hydroxylation is 2. The average Bonchev–Trinajstić information content (AvgIpc) is 3.21. The molecule has 0 saturated carbocycles. The van der Waals surface area contributed by atoms with Crippen molar-refractivity contribution in [2.24, 2.45) is 0 Å². The smallest absolute Gasteiger partial charge is 0.257 e. The molecular formula is C18H13BrClN5OS. The lowest BCUT2D eigenvalue weighted by Crippen LogP contribution is -2.13. The molecule has 1 amide bonds. The number of carbonyl (C=O) groups excluding carboxylic acids is 1. The summed E-state index contributed by atoms with van der Waals surface area (Å²) in [5.74, 6) is 0.466. The number of halogens is 2. The van der Waals surface area contributed by atoms with Gasteiger partial charge in [0, 0.05) is 15.7 Å². The van der Waals surface area contributed by atoms with Crippen LogP contribution in [0.1, 0.15) is 21.7 Å². The molecule has 9 heteroatoms. The molecule has 1 N–H and O–H groups in total. The van der Waals surface area contributed by atoms with Crippen LogP contribution >= 0.6 is 38.9 Å². The Morgan fingerprint density at radius 1 is 1.19 bits per heavy atom. The number of rotatable bonds is 3. The third-order valence-electron chi connectivity index (χ3n) is 4.05. The number of benzene rings is 2. The molecular weight excluding hydrogens is 450 g/mol. The van der Waals surface area contributed by atoms with Gasteiger partial charge < -0.3 is 5.32 Å². The summed E-state index contributed by atoms with van der Waals surface area (Å²) >= 11 is 11.0. The van der Waals surface area contributed by atoms with Gasteiger partial charge in [-0.2, -0.15) is 9.61 Å². The van der Waals surface area contributed by atoms with Crippen LogP contribution in [0, 0.1) is 13.8 Å². The van der Waals surface area contributed by atoms with Crippen molar-refractivity contribution in [3.05, 3.63) is 62.8 Å². The van der Waals surface area contributed by atoms with Crippen molar-refractivity contribution in [1.29, 1.82) is 0 Å². The summed E-state index contributed by atoms with van der Waals surface area (Å²) in [7, 11) is 0. The fourth-order valence-corrected chi connectivity index (χ4v) is 4.03. The predicted molar refractivity (Wildman–Crippen MR) is 111 cm³/mol. The standard InChI is InChI=1S/C18H13BrClN5OS/c1-9-3-4-11(17-24-25-10(2)22-23-18(25)27-17)7-15(9)21-16(26)13-8-12(19)5-6-14(13)20/h3-8H,1-2H3,(H,21,26). The molecule has 2 aromatic carbocycles. The summed E-state index contributed by atoms with van der Waals surface area (Å²) in [5, 5.41) is 16.8. The van der Waals surface area contributed by atoms with Crippen LogP contribution in [-0.2, 0) is 0 Å². The van der Waals surface area contributed by atoms with Crippen LogP contribution in [-0.4, -0.2) is 25.7 Å². The summed E-state index contributed by atoms with van der Waals surface area (Å²) in [6.07, 6.45) is 0. The van der Waals surface area contributed by atoms with Crippen molar-refractivity contribution >= 4 is 55.4 Å². The lowest BCUT2D eigenvalue weighted by Gasteiger charge is -2.11. The van der Waals surface area contributed by atoms with Crippen LogP contribution in [0.5, 0.6) is 0 Å². The van der Waals surface area contributed by atoms with Crippen LogP contribution in [0.25, 0.3) is 15.5 Å². The number of anilines is 1. The second-order valence-corrected chi connectivity index (χ2v) is 8.24. The average molecular weight is 463 g/mol. The first-order valence-electron chi connectivity index (χ1n) is 7.98. The van der Waals surface area contributed by atoms with Gasteiger partial charge in [-0.3, -0.25) is 4.79 Å². The maximum Gasteiger partial charge on any atom is 0.257 e. The Balaban J connectivity index is 1.68. The van der Waals surface area contributed by atoms with E-state index >= 15 is 0 Å². The zero-order valence-corrected chi connectivity index (χ0v) is 17.5. The van der Waals surface area contributed by atoms with Gasteiger partial charge in [-0.25, -0.2) is 0 Å². The quantitative estimate of drug-likeness (QED) is 0.458. The molecule has 0 saturated heterocycles. The minimum absolute atomic E-state index is 0.268. The van der Waals surface area contributed by atoms with Gasteiger partial charge in [0.15, 0.2) is 5.82 Å². The Morgan fingerprint density at radius 3 is 2.78 bits per heavy atom. The van der Waals surface area contributed by atoms with E-state index in [1.165, 1.54) is 11.3 Å². The minimum Gasteiger partial charge on any atom is -0.322 e. The maximum absolute atomic E-state index is 12.7. The van der Waals surface area contributed by atoms with Crippen LogP contribution in [0.15, 0.2) is 40.9 Å². The van der Waals surface area contributed by atoms with Crippen LogP contribution < -0.4 is 5.32 Å². The molecule has 0 unspecified atom stereocenters. The summed E-state index contributed by atoms with van der Waals surface area (Å²) < 4.78 is 2.50. The van der Waals surface area contributed by atoms with Crippen molar-refractivity contribution in [2.45, 2.75) is 13.8 Å². The van der Waals surface area contributed by atoms with E-state index in [9.17, 15) is 4.79 Å². The highest BCUT2D eigenvalue weighted by molar-refractivity contribution is 9.10. The number of amides is 1. The van der Waals surface area contributed by atoms with E-state index in [4.69, 9.17) is 11.6 Å². The molecule has 4 aromatic rings. The first kappa shape index (κ1) is 18.1. The monoisotopic (exact) mass is 461 g/mol. The van der Waals surface area contributed by atoms with Gasteiger partial charge in [-0.1, -0.05) is 51.0 Å². The van der Waals surface area contributed by atoms with E-state index in [1.54, 1.807) is 22.7 Å². The van der Waals surface area contributed by atoms with Crippen molar-refractivity contribution in [2.75, 3.05) is 5.32 Å².